The van der Waals surface area contributed by atoms with Crippen molar-refractivity contribution in [3.05, 3.63) is 101 Å². The molecule has 0 aliphatic carbocycles. The number of phenolic OH excluding ortho intramolecular Hbond substituents is 1. The Hall–Kier alpha value is -4.20. The first-order valence-corrected chi connectivity index (χ1v) is 15.9. The molecule has 2 aromatic carbocycles. The molecule has 0 unspecified atom stereocenters. The Morgan fingerprint density at radius 1 is 1.20 bits per heavy atom. The second-order valence-corrected chi connectivity index (χ2v) is 12.5. The van der Waals surface area contributed by atoms with E-state index < -0.39 is 23.3 Å². The van der Waals surface area contributed by atoms with Crippen LogP contribution in [0.5, 0.6) is 5.75 Å². The average Bonchev–Trinajstić information content (AvgIpc) is 3.70. The molecule has 3 aliphatic rings. The Kier molecular flexibility index (Phi) is 9.98. The van der Waals surface area contributed by atoms with Crippen molar-refractivity contribution in [2.75, 3.05) is 18.1 Å². The van der Waals surface area contributed by atoms with Gasteiger partial charge >= 0.3 is 5.97 Å². The number of rotatable bonds is 8. The lowest BCUT2D eigenvalue weighted by Gasteiger charge is -2.49. The van der Waals surface area contributed by atoms with Crippen molar-refractivity contribution in [3.8, 4) is 5.75 Å². The number of fused-ring (bicyclic) bond motifs is 1. The van der Waals surface area contributed by atoms with Gasteiger partial charge < -0.3 is 25.4 Å². The number of nitrogens with zero attached hydrogens (tertiary/aromatic N) is 3. The number of hydrogen-bond donors (Lipinski definition) is 4. The fourth-order valence-corrected chi connectivity index (χ4v) is 7.04. The molecule has 2 fully saturated rings. The van der Waals surface area contributed by atoms with Gasteiger partial charge in [0.1, 0.15) is 22.9 Å². The summed E-state index contributed by atoms with van der Waals surface area (Å²) in [5.41, 5.74) is 1.50. The number of carbonyl (C=O) groups is 4. The van der Waals surface area contributed by atoms with Crippen molar-refractivity contribution in [3.63, 3.8) is 0 Å². The fraction of sp³-hybridized carbons (Fsp3) is 0.233. The Morgan fingerprint density at radius 2 is 2.00 bits per heavy atom. The molecule has 0 spiro atoms. The summed E-state index contributed by atoms with van der Waals surface area (Å²) in [6, 6.07) is 12.9. The number of thioether (sulfide) groups is 2. The molecule has 4 heterocycles. The van der Waals surface area contributed by atoms with E-state index in [1.807, 2.05) is 6.07 Å². The van der Waals surface area contributed by atoms with E-state index in [9.17, 15) is 29.4 Å². The highest BCUT2D eigenvalue weighted by Gasteiger charge is 2.54. The molecule has 228 valence electrons. The number of halogens is 1. The van der Waals surface area contributed by atoms with Crippen LogP contribution in [0.2, 0.25) is 5.02 Å². The van der Waals surface area contributed by atoms with Gasteiger partial charge in [-0.3, -0.25) is 19.3 Å². The van der Waals surface area contributed by atoms with Gasteiger partial charge in [0.2, 0.25) is 11.8 Å². The van der Waals surface area contributed by atoms with E-state index in [-0.39, 0.29) is 34.8 Å². The van der Waals surface area contributed by atoms with Crippen LogP contribution in [0.3, 0.4) is 0 Å². The lowest BCUT2D eigenvalue weighted by atomic mass is 10.0. The van der Waals surface area contributed by atoms with Crippen LogP contribution in [-0.4, -0.2) is 83.1 Å². The maximum absolute atomic E-state index is 13.0. The number of phenols is 1. The number of imidazole rings is 1. The van der Waals surface area contributed by atoms with E-state index in [1.54, 1.807) is 72.2 Å². The number of amides is 3. The molecule has 11 nitrogen and oxygen atoms in total. The van der Waals surface area contributed by atoms with Gasteiger partial charge in [0.25, 0.3) is 5.91 Å². The normalized spacial score (nSPS) is 20.2. The molecular formula is C30H28ClN5O6S2. The fourth-order valence-electron chi connectivity index (χ4n) is 4.90. The number of aromatic hydroxyl groups is 1. The molecule has 4 N–H and O–H groups in total. The molecule has 0 radical (unpaired) electrons. The van der Waals surface area contributed by atoms with Crippen LogP contribution in [0.4, 0.5) is 0 Å². The number of aromatic amines is 1. The van der Waals surface area contributed by atoms with Gasteiger partial charge in [0, 0.05) is 46.7 Å². The SMILES string of the molecule is O=C(CSc1ccc(Cl)cc1)N[C@@H]1C(=O)N2C(C(=O)O)=C(/C=C3\CCN(Cc4cccc(O)c4)C3=O)CS[C@H]12.c1c[nH]cn1. The predicted octanol–water partition coefficient (Wildman–Crippen LogP) is 3.64. The van der Waals surface area contributed by atoms with Crippen molar-refractivity contribution >= 4 is 58.8 Å². The first-order chi connectivity index (χ1) is 21.2. The minimum atomic E-state index is -1.26. The molecule has 44 heavy (non-hydrogen) atoms. The highest BCUT2D eigenvalue weighted by Crippen LogP contribution is 2.41. The van der Waals surface area contributed by atoms with Gasteiger partial charge in [-0.1, -0.05) is 23.7 Å². The second-order valence-electron chi connectivity index (χ2n) is 9.95. The van der Waals surface area contributed by atoms with Crippen molar-refractivity contribution in [2.45, 2.75) is 29.3 Å². The molecule has 14 heteroatoms. The minimum absolute atomic E-state index is 0.100. The third-order valence-electron chi connectivity index (χ3n) is 6.95. The number of aliphatic carboxylic acids is 1. The number of H-pyrrole nitrogens is 1. The monoisotopic (exact) mass is 653 g/mol. The maximum atomic E-state index is 13.0. The average molecular weight is 654 g/mol. The van der Waals surface area contributed by atoms with E-state index in [2.05, 4.69) is 15.3 Å². The van der Waals surface area contributed by atoms with E-state index >= 15 is 0 Å². The van der Waals surface area contributed by atoms with Crippen LogP contribution in [0.25, 0.3) is 0 Å². The number of hydrogen-bond acceptors (Lipinski definition) is 8. The number of likely N-dealkylation sites (tertiary alicyclic amines) is 1. The van der Waals surface area contributed by atoms with Gasteiger partial charge in [-0.05, 0) is 60.0 Å². The Balaban J connectivity index is 0.000000698. The summed E-state index contributed by atoms with van der Waals surface area (Å²) in [6.45, 7) is 0.797. The zero-order valence-corrected chi connectivity index (χ0v) is 25.6. The number of carboxylic acid groups (broad SMARTS) is 1. The van der Waals surface area contributed by atoms with Crippen molar-refractivity contribution in [2.24, 2.45) is 0 Å². The summed E-state index contributed by atoms with van der Waals surface area (Å²) in [6.07, 6.45) is 7.11. The first kappa shape index (κ1) is 31.2. The van der Waals surface area contributed by atoms with Crippen molar-refractivity contribution < 1.29 is 29.4 Å². The highest BCUT2D eigenvalue weighted by molar-refractivity contribution is 8.00. The van der Waals surface area contributed by atoms with E-state index in [0.29, 0.717) is 35.7 Å². The van der Waals surface area contributed by atoms with Crippen LogP contribution in [0.1, 0.15) is 12.0 Å². The lowest BCUT2D eigenvalue weighted by molar-refractivity contribution is -0.150. The zero-order valence-electron chi connectivity index (χ0n) is 23.2. The number of nitrogens with one attached hydrogen (secondary N) is 2. The summed E-state index contributed by atoms with van der Waals surface area (Å²) in [5, 5.41) is 22.4. The van der Waals surface area contributed by atoms with Gasteiger partial charge in [0.15, 0.2) is 0 Å². The number of allylic oxidation sites excluding steroid dienone is 1. The summed E-state index contributed by atoms with van der Waals surface area (Å²) in [5.74, 6) is -1.78. The molecule has 3 aromatic rings. The van der Waals surface area contributed by atoms with Gasteiger partial charge in [-0.2, -0.15) is 0 Å². The summed E-state index contributed by atoms with van der Waals surface area (Å²) in [7, 11) is 0. The molecule has 0 saturated carbocycles. The summed E-state index contributed by atoms with van der Waals surface area (Å²) < 4.78 is 0. The molecule has 3 amide bonds. The molecule has 0 bridgehead atoms. The predicted molar refractivity (Wildman–Crippen MR) is 167 cm³/mol. The van der Waals surface area contributed by atoms with Crippen LogP contribution < -0.4 is 5.32 Å². The number of aromatic nitrogens is 2. The standard InChI is InChI=1S/C27H24ClN3O6S2.C3H4N2/c28-18-4-6-20(7-5-18)38-14-21(33)29-22-25(35)31-23(27(36)37)17(13-39-26(22)31)11-16-8-9-30(24(16)34)12-15-2-1-3-19(32)10-15;1-2-5-3-4-1/h1-7,10-11,22,26,32H,8-9,12-14H2,(H,29,33)(H,36,37);1-3H,(H,4,5)/b16-11+;/t22-,26-;/m1./s1. The zero-order chi connectivity index (χ0) is 31.2. The van der Waals surface area contributed by atoms with Crippen LogP contribution >= 0.6 is 35.1 Å². The number of benzene rings is 2. The van der Waals surface area contributed by atoms with Gasteiger partial charge in [0.05, 0.1) is 12.1 Å². The maximum Gasteiger partial charge on any atom is 0.352 e. The minimum Gasteiger partial charge on any atom is -0.508 e. The Bertz CT molecular complexity index is 1590. The van der Waals surface area contributed by atoms with Crippen LogP contribution in [0.15, 0.2) is 95.1 Å². The van der Waals surface area contributed by atoms with E-state index in [4.69, 9.17) is 11.6 Å². The Morgan fingerprint density at radius 3 is 2.66 bits per heavy atom. The first-order valence-electron chi connectivity index (χ1n) is 13.5. The quantitative estimate of drug-likeness (QED) is 0.162. The van der Waals surface area contributed by atoms with E-state index in [0.717, 1.165) is 10.5 Å². The van der Waals surface area contributed by atoms with Crippen molar-refractivity contribution in [1.29, 1.82) is 0 Å². The molecule has 6 rings (SSSR count). The van der Waals surface area contributed by atoms with Gasteiger partial charge in [-0.25, -0.2) is 9.78 Å². The number of carbonyl (C=O) groups excluding carboxylic acids is 3. The molecule has 1 aromatic heterocycles. The number of β-lactam (4-membered cyclic amide) rings is 1. The van der Waals surface area contributed by atoms with E-state index in [1.165, 1.54) is 28.4 Å². The molecule has 3 aliphatic heterocycles. The topological polar surface area (TPSA) is 156 Å². The number of carboxylic acids is 1. The van der Waals surface area contributed by atoms with Crippen LogP contribution in [0, 0.1) is 0 Å². The Labute approximate surface area is 266 Å². The summed E-state index contributed by atoms with van der Waals surface area (Å²) >= 11 is 8.54. The molecule has 2 atom stereocenters. The largest absolute Gasteiger partial charge is 0.508 e. The summed E-state index contributed by atoms with van der Waals surface area (Å²) in [4.78, 5) is 60.8. The lowest BCUT2D eigenvalue weighted by Crippen LogP contribution is -2.70. The second kappa shape index (κ2) is 14.1. The molecule has 2 saturated heterocycles. The third kappa shape index (κ3) is 7.29. The van der Waals surface area contributed by atoms with Crippen LogP contribution in [-0.2, 0) is 25.7 Å². The smallest absolute Gasteiger partial charge is 0.352 e. The highest BCUT2D eigenvalue weighted by atomic mass is 35.5. The van der Waals surface area contributed by atoms with Gasteiger partial charge in [-0.15, -0.1) is 23.5 Å². The molecular weight excluding hydrogens is 626 g/mol. The third-order valence-corrected chi connectivity index (χ3v) is 9.52. The van der Waals surface area contributed by atoms with Crippen molar-refractivity contribution in [1.82, 2.24) is 25.1 Å².